The highest BCUT2D eigenvalue weighted by Gasteiger charge is 2.26. The second-order valence-corrected chi connectivity index (χ2v) is 16.2. The van der Waals surface area contributed by atoms with Crippen LogP contribution < -0.4 is 26.4 Å². The van der Waals surface area contributed by atoms with Crippen molar-refractivity contribution in [1.82, 2.24) is 0 Å². The van der Waals surface area contributed by atoms with Crippen molar-refractivity contribution in [1.29, 1.82) is 0 Å². The first kappa shape index (κ1) is 21.8. The van der Waals surface area contributed by atoms with Crippen molar-refractivity contribution >= 4 is 60.1 Å². The fourth-order valence-electron chi connectivity index (χ4n) is 3.74. The van der Waals surface area contributed by atoms with Gasteiger partial charge in [-0.25, -0.2) is 0 Å². The standard InChI is InChI=1S/C27H27ClNPSi/c1-31(2,3)26-16-10-15-25(27(26)29-22-19-17-21(28)18-20-22)30(23-11-6-4-7-12-23)24-13-8-5-9-14-24/h4-20,29H,1-3H3. The molecule has 0 radical (unpaired) electrons. The first-order chi connectivity index (χ1) is 14.9. The van der Waals surface area contributed by atoms with Crippen LogP contribution in [0.25, 0.3) is 0 Å². The Balaban J connectivity index is 1.94. The van der Waals surface area contributed by atoms with E-state index in [1.807, 2.05) is 12.1 Å². The Kier molecular flexibility index (Phi) is 6.62. The quantitative estimate of drug-likeness (QED) is 0.260. The maximum Gasteiger partial charge on any atom is 0.0803 e. The van der Waals surface area contributed by atoms with Gasteiger partial charge in [-0.2, -0.15) is 0 Å². The molecular formula is C27H27ClNPSi. The van der Waals surface area contributed by atoms with Crippen LogP contribution in [0.3, 0.4) is 0 Å². The molecule has 0 aliphatic heterocycles. The molecular weight excluding hydrogens is 433 g/mol. The summed E-state index contributed by atoms with van der Waals surface area (Å²) in [6.07, 6.45) is 0. The smallest absolute Gasteiger partial charge is 0.0803 e. The Morgan fingerprint density at radius 2 is 1.19 bits per heavy atom. The summed E-state index contributed by atoms with van der Waals surface area (Å²) in [5, 5.41) is 10.1. The molecule has 4 rings (SSSR count). The van der Waals surface area contributed by atoms with Crippen LogP contribution in [-0.2, 0) is 0 Å². The highest BCUT2D eigenvalue weighted by atomic mass is 35.5. The molecule has 0 spiro atoms. The summed E-state index contributed by atoms with van der Waals surface area (Å²) in [5.41, 5.74) is 2.32. The van der Waals surface area contributed by atoms with Gasteiger partial charge >= 0.3 is 0 Å². The van der Waals surface area contributed by atoms with E-state index in [0.717, 1.165) is 10.7 Å². The Labute approximate surface area is 192 Å². The highest BCUT2D eigenvalue weighted by molar-refractivity contribution is 7.80. The van der Waals surface area contributed by atoms with Gasteiger partial charge < -0.3 is 5.32 Å². The van der Waals surface area contributed by atoms with Crippen molar-refractivity contribution in [3.63, 3.8) is 0 Å². The molecule has 31 heavy (non-hydrogen) atoms. The Hall–Kier alpha value is -2.38. The number of nitrogens with one attached hydrogen (secondary N) is 1. The van der Waals surface area contributed by atoms with E-state index in [4.69, 9.17) is 11.6 Å². The van der Waals surface area contributed by atoms with Gasteiger partial charge in [0.2, 0.25) is 0 Å². The van der Waals surface area contributed by atoms with Gasteiger partial charge in [-0.15, -0.1) is 0 Å². The highest BCUT2D eigenvalue weighted by Crippen LogP contribution is 2.36. The van der Waals surface area contributed by atoms with Crippen LogP contribution in [0, 0.1) is 0 Å². The van der Waals surface area contributed by atoms with Crippen molar-refractivity contribution in [2.75, 3.05) is 5.32 Å². The van der Waals surface area contributed by atoms with Crippen LogP contribution in [0.1, 0.15) is 0 Å². The first-order valence-corrected chi connectivity index (χ1v) is 15.7. The molecule has 0 atom stereocenters. The average Bonchev–Trinajstić information content (AvgIpc) is 2.77. The van der Waals surface area contributed by atoms with Gasteiger partial charge in [0.05, 0.1) is 8.07 Å². The molecule has 4 aromatic carbocycles. The number of para-hydroxylation sites is 1. The third kappa shape index (κ3) is 5.10. The van der Waals surface area contributed by atoms with Gasteiger partial charge in [-0.3, -0.25) is 0 Å². The molecule has 1 nitrogen and oxygen atoms in total. The average molecular weight is 460 g/mol. The van der Waals surface area contributed by atoms with E-state index in [1.54, 1.807) is 0 Å². The van der Waals surface area contributed by atoms with Crippen LogP contribution in [0.4, 0.5) is 11.4 Å². The van der Waals surface area contributed by atoms with E-state index < -0.39 is 16.0 Å². The van der Waals surface area contributed by atoms with Crippen molar-refractivity contribution in [3.05, 3.63) is 108 Å². The largest absolute Gasteiger partial charge is 0.355 e. The number of benzene rings is 4. The molecule has 156 valence electrons. The molecule has 0 aliphatic carbocycles. The first-order valence-electron chi connectivity index (χ1n) is 10.5. The Morgan fingerprint density at radius 1 is 0.645 bits per heavy atom. The zero-order valence-corrected chi connectivity index (χ0v) is 20.8. The maximum atomic E-state index is 6.14. The molecule has 0 aliphatic rings. The van der Waals surface area contributed by atoms with Gasteiger partial charge in [-0.05, 0) is 48.0 Å². The molecule has 0 aromatic heterocycles. The SMILES string of the molecule is C[Si](C)(C)c1cccc(P(c2ccccc2)c2ccccc2)c1Nc1ccc(Cl)cc1. The lowest BCUT2D eigenvalue weighted by Gasteiger charge is -2.28. The molecule has 4 heteroatoms. The summed E-state index contributed by atoms with van der Waals surface area (Å²) in [4.78, 5) is 0. The Bertz CT molecular complexity index is 1100. The monoisotopic (exact) mass is 459 g/mol. The molecule has 0 bridgehead atoms. The van der Waals surface area contributed by atoms with Crippen LogP contribution in [0.5, 0.6) is 0 Å². The van der Waals surface area contributed by atoms with Crippen LogP contribution >= 0.6 is 19.5 Å². The van der Waals surface area contributed by atoms with E-state index >= 15 is 0 Å². The second kappa shape index (κ2) is 9.40. The topological polar surface area (TPSA) is 12.0 Å². The van der Waals surface area contributed by atoms with Crippen molar-refractivity contribution < 1.29 is 0 Å². The van der Waals surface area contributed by atoms with Crippen molar-refractivity contribution in [2.24, 2.45) is 0 Å². The minimum Gasteiger partial charge on any atom is -0.355 e. The molecule has 4 aromatic rings. The van der Waals surface area contributed by atoms with Gasteiger partial charge in [0.1, 0.15) is 0 Å². The van der Waals surface area contributed by atoms with E-state index in [-0.39, 0.29) is 0 Å². The fourth-order valence-corrected chi connectivity index (χ4v) is 7.95. The molecule has 0 unspecified atom stereocenters. The van der Waals surface area contributed by atoms with Gasteiger partial charge in [-0.1, -0.05) is 110 Å². The zero-order valence-electron chi connectivity index (χ0n) is 18.1. The molecule has 0 saturated carbocycles. The van der Waals surface area contributed by atoms with Crippen LogP contribution in [-0.4, -0.2) is 8.07 Å². The van der Waals surface area contributed by atoms with E-state index in [2.05, 4.69) is 116 Å². The third-order valence-electron chi connectivity index (χ3n) is 5.23. The molecule has 0 saturated heterocycles. The van der Waals surface area contributed by atoms with E-state index in [1.165, 1.54) is 26.8 Å². The number of rotatable bonds is 6. The molecule has 0 fully saturated rings. The lowest BCUT2D eigenvalue weighted by Crippen LogP contribution is -2.42. The number of halogens is 1. The molecule has 0 heterocycles. The van der Waals surface area contributed by atoms with Crippen LogP contribution in [0.2, 0.25) is 24.7 Å². The number of anilines is 2. The number of hydrogen-bond acceptors (Lipinski definition) is 1. The summed E-state index contributed by atoms with van der Waals surface area (Å²) in [7, 11) is -2.30. The summed E-state index contributed by atoms with van der Waals surface area (Å²) >= 11 is 6.14. The normalized spacial score (nSPS) is 11.5. The summed E-state index contributed by atoms with van der Waals surface area (Å²) in [6, 6.07) is 36.6. The van der Waals surface area contributed by atoms with Crippen LogP contribution in [0.15, 0.2) is 103 Å². The lowest BCUT2D eigenvalue weighted by atomic mass is 10.2. The molecule has 0 amide bonds. The maximum absolute atomic E-state index is 6.14. The van der Waals surface area contributed by atoms with E-state index in [0.29, 0.717) is 0 Å². The minimum absolute atomic E-state index is 0.699. The zero-order chi connectivity index (χ0) is 21.8. The summed E-state index contributed by atoms with van der Waals surface area (Å²) in [6.45, 7) is 7.23. The lowest BCUT2D eigenvalue weighted by molar-refractivity contribution is 1.57. The van der Waals surface area contributed by atoms with Gasteiger partial charge in [0, 0.05) is 21.7 Å². The van der Waals surface area contributed by atoms with Gasteiger partial charge in [0.15, 0.2) is 0 Å². The third-order valence-corrected chi connectivity index (χ3v) is 10.0. The summed E-state index contributed by atoms with van der Waals surface area (Å²) < 4.78 is 0. The Morgan fingerprint density at radius 3 is 1.71 bits per heavy atom. The predicted molar refractivity (Wildman–Crippen MR) is 143 cm³/mol. The minimum atomic E-state index is -1.60. The van der Waals surface area contributed by atoms with E-state index in [9.17, 15) is 0 Å². The molecule has 1 N–H and O–H groups in total. The number of hydrogen-bond donors (Lipinski definition) is 1. The van der Waals surface area contributed by atoms with Crippen molar-refractivity contribution in [3.8, 4) is 0 Å². The fraction of sp³-hybridized carbons (Fsp3) is 0.111. The second-order valence-electron chi connectivity index (χ2n) is 8.59. The van der Waals surface area contributed by atoms with Crippen molar-refractivity contribution in [2.45, 2.75) is 19.6 Å². The van der Waals surface area contributed by atoms with Gasteiger partial charge in [0.25, 0.3) is 0 Å². The summed E-state index contributed by atoms with van der Waals surface area (Å²) in [5.74, 6) is 0. The predicted octanol–water partition coefficient (Wildman–Crippen LogP) is 6.39.